The molecule has 2 aliphatic rings. The minimum absolute atomic E-state index is 0.0724. The number of amides is 1. The van der Waals surface area contributed by atoms with Gasteiger partial charge in [-0.25, -0.2) is 0 Å². The molecule has 1 aliphatic heterocycles. The Kier molecular flexibility index (Phi) is 4.43. The van der Waals surface area contributed by atoms with Crippen LogP contribution >= 0.6 is 0 Å². The molecule has 1 saturated heterocycles. The highest BCUT2D eigenvalue weighted by molar-refractivity contribution is 5.82. The standard InChI is InChI=1S/C14H26N2O/c1-3-11-7-4-5-9-13(11)16-10-6-8-12(15-2)14(16)17/h11-13,15H,3-10H2,1-2H3. The highest BCUT2D eigenvalue weighted by Gasteiger charge is 2.36. The lowest BCUT2D eigenvalue weighted by Gasteiger charge is -2.43. The molecular formula is C14H26N2O. The van der Waals surface area contributed by atoms with Crippen LogP contribution in [0.5, 0.6) is 0 Å². The second-order valence-electron chi connectivity index (χ2n) is 5.54. The van der Waals surface area contributed by atoms with Crippen LogP contribution in [0.2, 0.25) is 0 Å². The summed E-state index contributed by atoms with van der Waals surface area (Å²) in [6.45, 7) is 3.26. The lowest BCUT2D eigenvalue weighted by molar-refractivity contribution is -0.140. The molecule has 0 spiro atoms. The van der Waals surface area contributed by atoms with E-state index in [-0.39, 0.29) is 6.04 Å². The molecule has 2 rings (SSSR count). The first kappa shape index (κ1) is 12.9. The molecule has 2 fully saturated rings. The number of carbonyl (C=O) groups is 1. The maximum absolute atomic E-state index is 12.4. The maximum atomic E-state index is 12.4. The van der Waals surface area contributed by atoms with Gasteiger partial charge in [0.2, 0.25) is 5.91 Å². The van der Waals surface area contributed by atoms with E-state index in [1.54, 1.807) is 0 Å². The van der Waals surface area contributed by atoms with Gasteiger partial charge in [0.15, 0.2) is 0 Å². The van der Waals surface area contributed by atoms with E-state index < -0.39 is 0 Å². The maximum Gasteiger partial charge on any atom is 0.239 e. The van der Waals surface area contributed by atoms with Gasteiger partial charge in [-0.2, -0.15) is 0 Å². The Labute approximate surface area is 105 Å². The van der Waals surface area contributed by atoms with Crippen molar-refractivity contribution >= 4 is 5.91 Å². The van der Waals surface area contributed by atoms with Gasteiger partial charge < -0.3 is 10.2 Å². The number of carbonyl (C=O) groups excluding carboxylic acids is 1. The Morgan fingerprint density at radius 3 is 2.71 bits per heavy atom. The zero-order valence-corrected chi connectivity index (χ0v) is 11.2. The fourth-order valence-corrected chi connectivity index (χ4v) is 3.57. The molecule has 1 aliphatic carbocycles. The molecule has 3 nitrogen and oxygen atoms in total. The number of hydrogen-bond donors (Lipinski definition) is 1. The monoisotopic (exact) mass is 238 g/mol. The third kappa shape index (κ3) is 2.65. The van der Waals surface area contributed by atoms with Crippen molar-refractivity contribution < 1.29 is 4.79 Å². The quantitative estimate of drug-likeness (QED) is 0.817. The van der Waals surface area contributed by atoms with Gasteiger partial charge in [0.1, 0.15) is 0 Å². The topological polar surface area (TPSA) is 32.3 Å². The van der Waals surface area contributed by atoms with Gasteiger partial charge in [0, 0.05) is 12.6 Å². The van der Waals surface area contributed by atoms with Crippen molar-refractivity contribution in [2.45, 2.75) is 64.0 Å². The van der Waals surface area contributed by atoms with Crippen LogP contribution in [0.1, 0.15) is 51.9 Å². The van der Waals surface area contributed by atoms with Crippen molar-refractivity contribution in [1.29, 1.82) is 0 Å². The SMILES string of the molecule is CCC1CCCCC1N1CCCC(NC)C1=O. The minimum Gasteiger partial charge on any atom is -0.338 e. The fourth-order valence-electron chi connectivity index (χ4n) is 3.57. The van der Waals surface area contributed by atoms with Crippen LogP contribution < -0.4 is 5.32 Å². The summed E-state index contributed by atoms with van der Waals surface area (Å²) in [7, 11) is 1.91. The molecule has 98 valence electrons. The van der Waals surface area contributed by atoms with Crippen LogP contribution in [-0.2, 0) is 4.79 Å². The minimum atomic E-state index is 0.0724. The van der Waals surface area contributed by atoms with E-state index in [2.05, 4.69) is 17.1 Å². The third-order valence-electron chi connectivity index (χ3n) is 4.62. The predicted molar refractivity (Wildman–Crippen MR) is 69.8 cm³/mol. The molecular weight excluding hydrogens is 212 g/mol. The summed E-state index contributed by atoms with van der Waals surface area (Å²) >= 11 is 0. The van der Waals surface area contributed by atoms with Crippen molar-refractivity contribution in [2.75, 3.05) is 13.6 Å². The predicted octanol–water partition coefficient (Wildman–Crippen LogP) is 2.17. The van der Waals surface area contributed by atoms with E-state index in [9.17, 15) is 4.79 Å². The number of nitrogens with zero attached hydrogens (tertiary/aromatic N) is 1. The molecule has 3 unspecified atom stereocenters. The summed E-state index contributed by atoms with van der Waals surface area (Å²) in [6.07, 6.45) is 8.58. The Morgan fingerprint density at radius 1 is 1.24 bits per heavy atom. The summed E-state index contributed by atoms with van der Waals surface area (Å²) in [5.41, 5.74) is 0. The van der Waals surface area contributed by atoms with Gasteiger partial charge in [-0.3, -0.25) is 4.79 Å². The van der Waals surface area contributed by atoms with Gasteiger partial charge in [0.05, 0.1) is 6.04 Å². The lowest BCUT2D eigenvalue weighted by atomic mass is 9.81. The van der Waals surface area contributed by atoms with E-state index in [0.29, 0.717) is 11.9 Å². The van der Waals surface area contributed by atoms with Gasteiger partial charge in [-0.1, -0.05) is 26.2 Å². The first-order valence-electron chi connectivity index (χ1n) is 7.25. The van der Waals surface area contributed by atoms with Crippen molar-refractivity contribution in [3.63, 3.8) is 0 Å². The second-order valence-corrected chi connectivity index (χ2v) is 5.54. The second kappa shape index (κ2) is 5.85. The Hall–Kier alpha value is -0.570. The summed E-state index contributed by atoms with van der Waals surface area (Å²) in [6, 6.07) is 0.598. The third-order valence-corrected chi connectivity index (χ3v) is 4.62. The number of likely N-dealkylation sites (tertiary alicyclic amines) is 1. The van der Waals surface area contributed by atoms with Crippen LogP contribution in [0, 0.1) is 5.92 Å². The van der Waals surface area contributed by atoms with E-state index in [1.807, 2.05) is 7.05 Å². The molecule has 1 heterocycles. The molecule has 3 heteroatoms. The van der Waals surface area contributed by atoms with Crippen molar-refractivity contribution in [3.05, 3.63) is 0 Å². The Bertz CT molecular complexity index is 267. The molecule has 17 heavy (non-hydrogen) atoms. The van der Waals surface area contributed by atoms with E-state index in [1.165, 1.54) is 32.1 Å². The number of nitrogens with one attached hydrogen (secondary N) is 1. The largest absolute Gasteiger partial charge is 0.338 e. The van der Waals surface area contributed by atoms with Crippen LogP contribution in [0.15, 0.2) is 0 Å². The first-order chi connectivity index (χ1) is 8.27. The van der Waals surface area contributed by atoms with Crippen molar-refractivity contribution in [1.82, 2.24) is 10.2 Å². The number of hydrogen-bond acceptors (Lipinski definition) is 2. The van der Waals surface area contributed by atoms with Crippen LogP contribution in [0.3, 0.4) is 0 Å². The van der Waals surface area contributed by atoms with E-state index in [0.717, 1.165) is 25.3 Å². The summed E-state index contributed by atoms with van der Waals surface area (Å²) < 4.78 is 0. The highest BCUT2D eigenvalue weighted by Crippen LogP contribution is 2.32. The molecule has 0 aromatic carbocycles. The Balaban J connectivity index is 2.06. The summed E-state index contributed by atoms with van der Waals surface area (Å²) in [5, 5.41) is 3.16. The van der Waals surface area contributed by atoms with Crippen LogP contribution in [-0.4, -0.2) is 36.5 Å². The summed E-state index contributed by atoms with van der Waals surface area (Å²) in [4.78, 5) is 14.6. The molecule has 0 bridgehead atoms. The number of piperidine rings is 1. The Morgan fingerprint density at radius 2 is 2.00 bits per heavy atom. The molecule has 1 amide bonds. The zero-order chi connectivity index (χ0) is 12.3. The molecule has 0 aromatic heterocycles. The van der Waals surface area contributed by atoms with Crippen LogP contribution in [0.25, 0.3) is 0 Å². The molecule has 0 aromatic rings. The van der Waals surface area contributed by atoms with Crippen molar-refractivity contribution in [3.8, 4) is 0 Å². The van der Waals surface area contributed by atoms with Gasteiger partial charge in [-0.05, 0) is 38.6 Å². The molecule has 1 N–H and O–H groups in total. The normalized spacial score (nSPS) is 35.1. The highest BCUT2D eigenvalue weighted by atomic mass is 16.2. The van der Waals surface area contributed by atoms with E-state index in [4.69, 9.17) is 0 Å². The molecule has 0 radical (unpaired) electrons. The van der Waals surface area contributed by atoms with Crippen LogP contribution in [0.4, 0.5) is 0 Å². The fraction of sp³-hybridized carbons (Fsp3) is 0.929. The summed E-state index contributed by atoms with van der Waals surface area (Å²) in [5.74, 6) is 1.09. The molecule has 3 atom stereocenters. The first-order valence-corrected chi connectivity index (χ1v) is 7.25. The van der Waals surface area contributed by atoms with Gasteiger partial charge in [0.25, 0.3) is 0 Å². The lowest BCUT2D eigenvalue weighted by Crippen LogP contribution is -2.55. The average Bonchev–Trinajstić information content (AvgIpc) is 2.39. The smallest absolute Gasteiger partial charge is 0.239 e. The number of likely N-dealkylation sites (N-methyl/N-ethyl adjacent to an activating group) is 1. The molecule has 1 saturated carbocycles. The van der Waals surface area contributed by atoms with Gasteiger partial charge >= 0.3 is 0 Å². The zero-order valence-electron chi connectivity index (χ0n) is 11.2. The average molecular weight is 238 g/mol. The van der Waals surface area contributed by atoms with Gasteiger partial charge in [-0.15, -0.1) is 0 Å². The number of rotatable bonds is 3. The van der Waals surface area contributed by atoms with Crippen molar-refractivity contribution in [2.24, 2.45) is 5.92 Å². The van der Waals surface area contributed by atoms with E-state index >= 15 is 0 Å².